The van der Waals surface area contributed by atoms with E-state index in [-0.39, 0.29) is 11.3 Å². The molecule has 4 nitrogen and oxygen atoms in total. The summed E-state index contributed by atoms with van der Waals surface area (Å²) in [6.45, 7) is 5.73. The van der Waals surface area contributed by atoms with Crippen LogP contribution in [0, 0.1) is 13.8 Å². The van der Waals surface area contributed by atoms with Gasteiger partial charge in [-0.05, 0) is 38.3 Å². The van der Waals surface area contributed by atoms with Gasteiger partial charge in [0, 0.05) is 27.5 Å². The largest absolute Gasteiger partial charge is 0.259 e. The number of hydrogen-bond donors (Lipinski definition) is 1. The second-order valence-electron chi connectivity index (χ2n) is 5.52. The van der Waals surface area contributed by atoms with Crippen LogP contribution < -0.4 is 4.72 Å². The van der Waals surface area contributed by atoms with Crippen molar-refractivity contribution in [3.05, 3.63) is 16.5 Å². The normalized spacial score (nSPS) is 24.9. The Morgan fingerprint density at radius 2 is 2.00 bits per heavy atom. The molecule has 0 radical (unpaired) electrons. The highest BCUT2D eigenvalue weighted by molar-refractivity contribution is 7.91. The molecule has 0 unspecified atom stereocenters. The Hall–Kier alpha value is -0.240. The molecule has 1 fully saturated rings. The van der Waals surface area contributed by atoms with Crippen molar-refractivity contribution in [3.63, 3.8) is 0 Å². The number of rotatable bonds is 5. The van der Waals surface area contributed by atoms with Crippen molar-refractivity contribution in [3.8, 4) is 0 Å². The summed E-state index contributed by atoms with van der Waals surface area (Å²) in [5.41, 5.74) is 0.998. The van der Waals surface area contributed by atoms with E-state index in [4.69, 9.17) is 0 Å². The lowest BCUT2D eigenvalue weighted by Gasteiger charge is -2.30. The van der Waals surface area contributed by atoms with Gasteiger partial charge in [0.15, 0.2) is 0 Å². The van der Waals surface area contributed by atoms with Crippen LogP contribution in [0.3, 0.4) is 0 Å². The van der Waals surface area contributed by atoms with Gasteiger partial charge in [-0.25, -0.2) is 13.1 Å². The van der Waals surface area contributed by atoms with E-state index >= 15 is 0 Å². The van der Waals surface area contributed by atoms with E-state index in [0.717, 1.165) is 36.1 Å². The van der Waals surface area contributed by atoms with Gasteiger partial charge in [-0.1, -0.05) is 19.8 Å². The number of hydrogen-bond acceptors (Lipinski definition) is 4. The van der Waals surface area contributed by atoms with Gasteiger partial charge in [0.2, 0.25) is 10.0 Å². The molecular weight excluding hydrogens is 326 g/mol. The predicted octanol–water partition coefficient (Wildman–Crippen LogP) is 2.72. The lowest BCUT2D eigenvalue weighted by atomic mass is 9.96. The summed E-state index contributed by atoms with van der Waals surface area (Å²) in [7, 11) is -4.46. The Balaban J connectivity index is 2.19. The Bertz CT molecular complexity index is 602. The van der Waals surface area contributed by atoms with Crippen molar-refractivity contribution in [2.24, 2.45) is 0 Å². The van der Waals surface area contributed by atoms with E-state index < -0.39 is 20.8 Å². The molecule has 7 heteroatoms. The molecule has 0 aromatic carbocycles. The first-order chi connectivity index (χ1) is 9.85. The topological polar surface area (TPSA) is 63.2 Å². The van der Waals surface area contributed by atoms with Gasteiger partial charge in [0.25, 0.3) is 0 Å². The zero-order valence-electron chi connectivity index (χ0n) is 12.7. The molecule has 0 bridgehead atoms. The van der Waals surface area contributed by atoms with Crippen LogP contribution in [0.5, 0.6) is 0 Å². The second-order valence-corrected chi connectivity index (χ2v) is 10.7. The molecule has 1 aromatic rings. The van der Waals surface area contributed by atoms with Crippen LogP contribution in [0.25, 0.3) is 0 Å². The van der Waals surface area contributed by atoms with Gasteiger partial charge in [0.05, 0.1) is 5.25 Å². The molecule has 0 amide bonds. The number of thiophene rings is 1. The summed E-state index contributed by atoms with van der Waals surface area (Å²) in [6.07, 6.45) is 3.65. The third-order valence-electron chi connectivity index (χ3n) is 4.04. The van der Waals surface area contributed by atoms with Gasteiger partial charge >= 0.3 is 0 Å². The summed E-state index contributed by atoms with van der Waals surface area (Å²) < 4.78 is 40.4. The molecule has 1 aliphatic carbocycles. The highest BCUT2D eigenvalue weighted by atomic mass is 32.2. The maximum atomic E-state index is 12.5. The van der Waals surface area contributed by atoms with Crippen LogP contribution in [0.15, 0.2) is 10.3 Å². The van der Waals surface area contributed by atoms with Crippen molar-refractivity contribution in [2.45, 2.75) is 62.0 Å². The van der Waals surface area contributed by atoms with Gasteiger partial charge in [-0.15, -0.1) is 11.3 Å². The van der Waals surface area contributed by atoms with Crippen molar-refractivity contribution in [1.82, 2.24) is 4.72 Å². The summed E-state index contributed by atoms with van der Waals surface area (Å²) in [5.74, 6) is 0.583. The van der Waals surface area contributed by atoms with E-state index in [9.17, 15) is 12.6 Å². The van der Waals surface area contributed by atoms with Crippen LogP contribution in [0.4, 0.5) is 0 Å². The average Bonchev–Trinajstić information content (AvgIpc) is 2.79. The van der Waals surface area contributed by atoms with Crippen LogP contribution in [-0.4, -0.2) is 29.7 Å². The van der Waals surface area contributed by atoms with Crippen LogP contribution in [0.1, 0.15) is 43.0 Å². The lowest BCUT2D eigenvalue weighted by molar-refractivity contribution is 0.417. The molecule has 0 aliphatic heterocycles. The fraction of sp³-hybridized carbons (Fsp3) is 0.714. The first-order valence-corrected chi connectivity index (χ1v) is 11.0. The minimum absolute atomic E-state index is 0.0549. The average molecular weight is 350 g/mol. The minimum atomic E-state index is -3.50. The summed E-state index contributed by atoms with van der Waals surface area (Å²) in [4.78, 5) is 1.02. The standard InChI is InChI=1S/C14H23NO3S3/c1-4-20(16)13-8-6-5-7-12(13)15-21(17,18)14-9-10(2)11(3)19-14/h9,12-13,15H,4-8H2,1-3H3/t12-,13+,20+/m1/s1. The maximum absolute atomic E-state index is 12.5. The third kappa shape index (κ3) is 3.94. The van der Waals surface area contributed by atoms with Crippen LogP contribution >= 0.6 is 11.3 Å². The smallest absolute Gasteiger partial charge is 0.250 e. The quantitative estimate of drug-likeness (QED) is 0.889. The summed E-state index contributed by atoms with van der Waals surface area (Å²) >= 11 is 1.30. The fourth-order valence-electron chi connectivity index (χ4n) is 2.69. The molecule has 1 heterocycles. The first-order valence-electron chi connectivity index (χ1n) is 7.31. The first kappa shape index (κ1) is 17.1. The number of aryl methyl sites for hydroxylation is 2. The second kappa shape index (κ2) is 6.89. The molecule has 0 spiro atoms. The Kier molecular flexibility index (Phi) is 5.62. The van der Waals surface area contributed by atoms with Crippen LogP contribution in [-0.2, 0) is 20.8 Å². The molecule has 120 valence electrons. The zero-order valence-corrected chi connectivity index (χ0v) is 15.2. The predicted molar refractivity (Wildman–Crippen MR) is 88.8 cm³/mol. The molecule has 3 atom stereocenters. The van der Waals surface area contributed by atoms with Crippen molar-refractivity contribution < 1.29 is 12.6 Å². The van der Waals surface area contributed by atoms with E-state index in [1.54, 1.807) is 6.07 Å². The van der Waals surface area contributed by atoms with E-state index in [0.29, 0.717) is 9.96 Å². The van der Waals surface area contributed by atoms with Crippen molar-refractivity contribution in [2.75, 3.05) is 5.75 Å². The van der Waals surface area contributed by atoms with Gasteiger partial charge in [-0.3, -0.25) is 4.21 Å². The highest BCUT2D eigenvalue weighted by Crippen LogP contribution is 2.28. The number of nitrogens with one attached hydrogen (secondary N) is 1. The molecule has 1 N–H and O–H groups in total. The van der Waals surface area contributed by atoms with Gasteiger partial charge in [-0.2, -0.15) is 0 Å². The van der Waals surface area contributed by atoms with E-state index in [2.05, 4.69) is 4.72 Å². The highest BCUT2D eigenvalue weighted by Gasteiger charge is 2.33. The molecule has 0 saturated heterocycles. The molecule has 1 aliphatic rings. The Morgan fingerprint density at radius 1 is 1.33 bits per heavy atom. The third-order valence-corrected chi connectivity index (χ3v) is 8.96. The van der Waals surface area contributed by atoms with E-state index in [1.807, 2.05) is 20.8 Å². The number of sulfonamides is 1. The minimum Gasteiger partial charge on any atom is -0.259 e. The van der Waals surface area contributed by atoms with Crippen molar-refractivity contribution in [1.29, 1.82) is 0 Å². The van der Waals surface area contributed by atoms with Crippen LogP contribution in [0.2, 0.25) is 0 Å². The molecule has 1 saturated carbocycles. The Labute approximate surface area is 133 Å². The molecule has 2 rings (SSSR count). The van der Waals surface area contributed by atoms with E-state index in [1.165, 1.54) is 11.3 Å². The molecule has 21 heavy (non-hydrogen) atoms. The lowest BCUT2D eigenvalue weighted by Crippen LogP contribution is -2.47. The Morgan fingerprint density at radius 3 is 2.57 bits per heavy atom. The summed E-state index contributed by atoms with van der Waals surface area (Å²) in [5, 5.41) is -0.0549. The zero-order chi connectivity index (χ0) is 15.6. The van der Waals surface area contributed by atoms with Crippen molar-refractivity contribution >= 4 is 32.2 Å². The fourth-order valence-corrected chi connectivity index (χ4v) is 7.05. The monoisotopic (exact) mass is 349 g/mol. The SMILES string of the molecule is CC[S@](=O)[C@H]1CCCC[C@H]1NS(=O)(=O)c1cc(C)c(C)s1. The van der Waals surface area contributed by atoms with Gasteiger partial charge in [0.1, 0.15) is 4.21 Å². The molecule has 1 aromatic heterocycles. The maximum Gasteiger partial charge on any atom is 0.250 e. The molecular formula is C14H23NO3S3. The van der Waals surface area contributed by atoms with Gasteiger partial charge < -0.3 is 0 Å². The summed E-state index contributed by atoms with van der Waals surface area (Å²) in [6, 6.07) is 1.52.